The second-order valence-electron chi connectivity index (χ2n) is 3.86. The van der Waals surface area contributed by atoms with Crippen LogP contribution in [0.4, 0.5) is 0 Å². The van der Waals surface area contributed by atoms with E-state index in [4.69, 9.17) is 5.11 Å². The summed E-state index contributed by atoms with van der Waals surface area (Å²) in [6, 6.07) is 0. The van der Waals surface area contributed by atoms with Gasteiger partial charge >= 0.3 is 5.97 Å². The van der Waals surface area contributed by atoms with Crippen molar-refractivity contribution >= 4 is 5.97 Å². The first-order valence-electron chi connectivity index (χ1n) is 5.08. The number of hydrogen-bond acceptors (Lipinski definition) is 1. The number of hydrogen-bond donors (Lipinski definition) is 1. The molecule has 1 fully saturated rings. The Balaban J connectivity index is 2.26. The smallest absolute Gasteiger partial charge is 0.306 e. The Kier molecular flexibility index (Phi) is 4.00. The van der Waals surface area contributed by atoms with Gasteiger partial charge in [0.1, 0.15) is 0 Å². The molecular formula is C11H18O2. The zero-order valence-corrected chi connectivity index (χ0v) is 8.20. The van der Waals surface area contributed by atoms with Crippen LogP contribution in [0.3, 0.4) is 0 Å². The molecule has 74 valence electrons. The van der Waals surface area contributed by atoms with Gasteiger partial charge in [0.25, 0.3) is 0 Å². The van der Waals surface area contributed by atoms with E-state index in [1.807, 2.05) is 6.92 Å². The Labute approximate surface area is 79.6 Å². The highest BCUT2D eigenvalue weighted by atomic mass is 16.4. The lowest BCUT2D eigenvalue weighted by Crippen LogP contribution is -2.21. The molecule has 0 amide bonds. The molecule has 1 aliphatic rings. The van der Waals surface area contributed by atoms with E-state index in [1.165, 1.54) is 0 Å². The van der Waals surface area contributed by atoms with Crippen LogP contribution in [0, 0.1) is 11.8 Å². The van der Waals surface area contributed by atoms with Gasteiger partial charge in [-0.25, -0.2) is 0 Å². The zero-order chi connectivity index (χ0) is 9.68. The number of aliphatic carboxylic acids is 1. The fraction of sp³-hybridized carbons (Fsp3) is 0.727. The molecule has 0 aromatic rings. The number of rotatable bonds is 3. The minimum Gasteiger partial charge on any atom is -0.481 e. The molecule has 0 radical (unpaired) electrons. The van der Waals surface area contributed by atoms with Gasteiger partial charge in [-0.3, -0.25) is 4.79 Å². The van der Waals surface area contributed by atoms with Crippen LogP contribution in [0.15, 0.2) is 12.2 Å². The minimum absolute atomic E-state index is 0.0677. The van der Waals surface area contributed by atoms with Gasteiger partial charge in [0.15, 0.2) is 0 Å². The number of allylic oxidation sites excluding steroid dienone is 2. The molecule has 2 nitrogen and oxygen atoms in total. The Morgan fingerprint density at radius 3 is 2.46 bits per heavy atom. The second-order valence-corrected chi connectivity index (χ2v) is 3.86. The highest BCUT2D eigenvalue weighted by Gasteiger charge is 2.24. The van der Waals surface area contributed by atoms with Gasteiger partial charge in [0, 0.05) is 0 Å². The zero-order valence-electron chi connectivity index (χ0n) is 8.20. The van der Waals surface area contributed by atoms with Crippen LogP contribution in [-0.4, -0.2) is 11.1 Å². The number of carboxylic acids is 1. The van der Waals surface area contributed by atoms with Crippen LogP contribution in [0.2, 0.25) is 0 Å². The average Bonchev–Trinajstić information content (AvgIpc) is 2.15. The Morgan fingerprint density at radius 2 is 2.00 bits per heavy atom. The largest absolute Gasteiger partial charge is 0.481 e. The van der Waals surface area contributed by atoms with Gasteiger partial charge in [-0.15, -0.1) is 0 Å². The predicted octanol–water partition coefficient (Wildman–Crippen LogP) is 2.84. The van der Waals surface area contributed by atoms with Crippen LogP contribution in [0.5, 0.6) is 0 Å². The Bertz CT molecular complexity index is 188. The second kappa shape index (κ2) is 5.05. The normalized spacial score (nSPS) is 29.3. The quantitative estimate of drug-likeness (QED) is 0.681. The molecule has 0 aromatic heterocycles. The van der Waals surface area contributed by atoms with E-state index < -0.39 is 5.97 Å². The highest BCUT2D eigenvalue weighted by molar-refractivity contribution is 5.69. The fourth-order valence-electron chi connectivity index (χ4n) is 1.97. The summed E-state index contributed by atoms with van der Waals surface area (Å²) in [7, 11) is 0. The van der Waals surface area contributed by atoms with E-state index in [0.717, 1.165) is 38.0 Å². The molecule has 1 aliphatic carbocycles. The van der Waals surface area contributed by atoms with E-state index in [2.05, 4.69) is 12.2 Å². The van der Waals surface area contributed by atoms with Crippen molar-refractivity contribution in [3.05, 3.63) is 12.2 Å². The van der Waals surface area contributed by atoms with Crippen LogP contribution >= 0.6 is 0 Å². The van der Waals surface area contributed by atoms with Gasteiger partial charge in [-0.2, -0.15) is 0 Å². The number of carboxylic acid groups (broad SMARTS) is 1. The monoisotopic (exact) mass is 182 g/mol. The van der Waals surface area contributed by atoms with Crippen molar-refractivity contribution in [2.24, 2.45) is 11.8 Å². The summed E-state index contributed by atoms with van der Waals surface area (Å²) in [5, 5.41) is 8.79. The third kappa shape index (κ3) is 3.21. The first-order chi connectivity index (χ1) is 6.24. The molecule has 2 heteroatoms. The van der Waals surface area contributed by atoms with Crippen molar-refractivity contribution in [1.29, 1.82) is 0 Å². The lowest BCUT2D eigenvalue weighted by molar-refractivity contribution is -0.143. The maximum absolute atomic E-state index is 10.7. The lowest BCUT2D eigenvalue weighted by Gasteiger charge is -2.24. The molecule has 0 atom stereocenters. The van der Waals surface area contributed by atoms with Gasteiger partial charge in [-0.1, -0.05) is 12.2 Å². The van der Waals surface area contributed by atoms with Crippen LogP contribution in [-0.2, 0) is 4.79 Å². The molecule has 0 unspecified atom stereocenters. The van der Waals surface area contributed by atoms with E-state index in [0.29, 0.717) is 0 Å². The summed E-state index contributed by atoms with van der Waals surface area (Å²) in [5.74, 6) is 0.0538. The van der Waals surface area contributed by atoms with E-state index >= 15 is 0 Å². The molecule has 0 bridgehead atoms. The molecule has 0 heterocycles. The first kappa shape index (κ1) is 10.3. The Hall–Kier alpha value is -0.790. The summed E-state index contributed by atoms with van der Waals surface area (Å²) >= 11 is 0. The van der Waals surface area contributed by atoms with Gasteiger partial charge in [-0.05, 0) is 44.9 Å². The molecule has 0 saturated heterocycles. The fourth-order valence-corrected chi connectivity index (χ4v) is 1.97. The third-order valence-corrected chi connectivity index (χ3v) is 2.90. The summed E-state index contributed by atoms with van der Waals surface area (Å²) < 4.78 is 0. The average molecular weight is 182 g/mol. The van der Waals surface area contributed by atoms with Crippen LogP contribution in [0.1, 0.15) is 39.0 Å². The van der Waals surface area contributed by atoms with Crippen LogP contribution < -0.4 is 0 Å². The summed E-state index contributed by atoms with van der Waals surface area (Å²) in [5.41, 5.74) is 0. The molecule has 0 spiro atoms. The molecule has 1 rings (SSSR count). The molecule has 1 saturated carbocycles. The molecular weight excluding hydrogens is 164 g/mol. The maximum atomic E-state index is 10.7. The van der Waals surface area contributed by atoms with Crippen molar-refractivity contribution in [3.63, 3.8) is 0 Å². The molecule has 13 heavy (non-hydrogen) atoms. The van der Waals surface area contributed by atoms with Gasteiger partial charge < -0.3 is 5.11 Å². The van der Waals surface area contributed by atoms with E-state index in [9.17, 15) is 4.79 Å². The molecule has 0 aliphatic heterocycles. The van der Waals surface area contributed by atoms with Crippen molar-refractivity contribution in [3.8, 4) is 0 Å². The third-order valence-electron chi connectivity index (χ3n) is 2.90. The maximum Gasteiger partial charge on any atom is 0.306 e. The minimum atomic E-state index is -0.607. The van der Waals surface area contributed by atoms with Gasteiger partial charge in [0.2, 0.25) is 0 Å². The summed E-state index contributed by atoms with van der Waals surface area (Å²) in [6.45, 7) is 2.03. The SMILES string of the molecule is C/C=C/CC1CCC(C(=O)O)CC1. The van der Waals surface area contributed by atoms with Crippen molar-refractivity contribution in [2.75, 3.05) is 0 Å². The number of carbonyl (C=O) groups is 1. The van der Waals surface area contributed by atoms with E-state index in [1.54, 1.807) is 0 Å². The summed E-state index contributed by atoms with van der Waals surface area (Å²) in [4.78, 5) is 10.7. The lowest BCUT2D eigenvalue weighted by atomic mass is 9.80. The van der Waals surface area contributed by atoms with Gasteiger partial charge in [0.05, 0.1) is 5.92 Å². The van der Waals surface area contributed by atoms with E-state index in [-0.39, 0.29) is 5.92 Å². The van der Waals surface area contributed by atoms with Crippen LogP contribution in [0.25, 0.3) is 0 Å². The highest BCUT2D eigenvalue weighted by Crippen LogP contribution is 2.30. The van der Waals surface area contributed by atoms with Crippen molar-refractivity contribution in [2.45, 2.75) is 39.0 Å². The predicted molar refractivity (Wildman–Crippen MR) is 52.5 cm³/mol. The standard InChI is InChI=1S/C11H18O2/c1-2-3-4-9-5-7-10(8-6-9)11(12)13/h2-3,9-10H,4-8H2,1H3,(H,12,13)/b3-2+. The molecule has 1 N–H and O–H groups in total. The first-order valence-corrected chi connectivity index (χ1v) is 5.08. The Morgan fingerprint density at radius 1 is 1.38 bits per heavy atom. The summed E-state index contributed by atoms with van der Waals surface area (Å²) in [6.07, 6.45) is 9.30. The molecule has 0 aromatic carbocycles. The topological polar surface area (TPSA) is 37.3 Å². The van der Waals surface area contributed by atoms with Crippen molar-refractivity contribution < 1.29 is 9.90 Å². The van der Waals surface area contributed by atoms with Crippen molar-refractivity contribution in [1.82, 2.24) is 0 Å².